The quantitative estimate of drug-likeness (QED) is 0.650. The average molecular weight is 157 g/mol. The van der Waals surface area contributed by atoms with Crippen molar-refractivity contribution in [2.75, 3.05) is 0 Å². The predicted molar refractivity (Wildman–Crippen MR) is 49.3 cm³/mol. The minimum Gasteiger partial charge on any atom is -0.390 e. The lowest BCUT2D eigenvalue weighted by atomic mass is 9.94. The highest BCUT2D eigenvalue weighted by Gasteiger charge is 2.16. The molecule has 0 heterocycles. The molecule has 0 aromatic heterocycles. The first kappa shape index (κ1) is 11.0. The van der Waals surface area contributed by atoms with E-state index in [2.05, 4.69) is 20.3 Å². The molecule has 0 spiro atoms. The van der Waals surface area contributed by atoms with E-state index in [0.29, 0.717) is 5.92 Å². The molecule has 0 saturated carbocycles. The van der Waals surface area contributed by atoms with Crippen LogP contribution in [0.2, 0.25) is 0 Å². The SMILES string of the molecule is CC[C@](C)(O)CC[CH]C(C)C. The van der Waals surface area contributed by atoms with E-state index in [1.807, 2.05) is 13.8 Å². The Hall–Kier alpha value is -0.0400. The fourth-order valence-electron chi connectivity index (χ4n) is 0.904. The third kappa shape index (κ3) is 6.36. The van der Waals surface area contributed by atoms with Crippen LogP contribution in [0.1, 0.15) is 47.0 Å². The lowest BCUT2D eigenvalue weighted by molar-refractivity contribution is 0.0466. The molecular formula is C10H21O. The van der Waals surface area contributed by atoms with Gasteiger partial charge in [0.25, 0.3) is 0 Å². The Labute approximate surface area is 70.8 Å². The minimum absolute atomic E-state index is 0.453. The molecule has 0 rings (SSSR count). The van der Waals surface area contributed by atoms with Gasteiger partial charge in [-0.05, 0) is 38.5 Å². The molecule has 0 aliphatic carbocycles. The Morgan fingerprint density at radius 2 is 2.00 bits per heavy atom. The average Bonchev–Trinajstić information content (AvgIpc) is 1.87. The van der Waals surface area contributed by atoms with E-state index in [4.69, 9.17) is 0 Å². The summed E-state index contributed by atoms with van der Waals surface area (Å²) in [4.78, 5) is 0. The Morgan fingerprint density at radius 3 is 2.36 bits per heavy atom. The van der Waals surface area contributed by atoms with Crippen LogP contribution < -0.4 is 0 Å². The number of rotatable bonds is 5. The number of aliphatic hydroxyl groups is 1. The standard InChI is InChI=1S/C10H21O/c1-5-10(4,11)8-6-7-9(2)3/h7,9,11H,5-6,8H2,1-4H3/t10-/m0/s1. The van der Waals surface area contributed by atoms with Crippen LogP contribution in [0.15, 0.2) is 0 Å². The zero-order valence-electron chi connectivity index (χ0n) is 8.22. The molecule has 1 heteroatoms. The van der Waals surface area contributed by atoms with Gasteiger partial charge >= 0.3 is 0 Å². The van der Waals surface area contributed by atoms with Gasteiger partial charge in [-0.25, -0.2) is 0 Å². The van der Waals surface area contributed by atoms with Crippen LogP contribution >= 0.6 is 0 Å². The summed E-state index contributed by atoms with van der Waals surface area (Å²) >= 11 is 0. The fraction of sp³-hybridized carbons (Fsp3) is 0.900. The van der Waals surface area contributed by atoms with Crippen LogP contribution in [0.4, 0.5) is 0 Å². The molecule has 1 atom stereocenters. The first-order valence-electron chi connectivity index (χ1n) is 4.53. The van der Waals surface area contributed by atoms with Crippen molar-refractivity contribution in [2.24, 2.45) is 5.92 Å². The second kappa shape index (κ2) is 4.76. The summed E-state index contributed by atoms with van der Waals surface area (Å²) in [6.45, 7) is 8.26. The van der Waals surface area contributed by atoms with Gasteiger partial charge in [0, 0.05) is 0 Å². The molecule has 0 aromatic rings. The molecule has 0 fully saturated rings. The third-order valence-corrected chi connectivity index (χ3v) is 2.08. The van der Waals surface area contributed by atoms with Crippen molar-refractivity contribution >= 4 is 0 Å². The second-order valence-electron chi connectivity index (χ2n) is 3.87. The largest absolute Gasteiger partial charge is 0.390 e. The van der Waals surface area contributed by atoms with Crippen molar-refractivity contribution < 1.29 is 5.11 Å². The van der Waals surface area contributed by atoms with Crippen molar-refractivity contribution in [1.29, 1.82) is 0 Å². The molecule has 1 radical (unpaired) electrons. The molecule has 0 bridgehead atoms. The summed E-state index contributed by atoms with van der Waals surface area (Å²) in [5.74, 6) is 0.641. The molecule has 67 valence electrons. The van der Waals surface area contributed by atoms with Crippen LogP contribution in [0.25, 0.3) is 0 Å². The second-order valence-corrected chi connectivity index (χ2v) is 3.87. The van der Waals surface area contributed by atoms with Crippen LogP contribution in [0, 0.1) is 12.3 Å². The first-order chi connectivity index (χ1) is 4.98. The summed E-state index contributed by atoms with van der Waals surface area (Å²) in [5, 5.41) is 9.62. The summed E-state index contributed by atoms with van der Waals surface area (Å²) in [6, 6.07) is 0. The highest BCUT2D eigenvalue weighted by atomic mass is 16.3. The maximum absolute atomic E-state index is 9.62. The molecule has 1 nitrogen and oxygen atoms in total. The van der Waals surface area contributed by atoms with Crippen LogP contribution in [0.3, 0.4) is 0 Å². The van der Waals surface area contributed by atoms with Crippen molar-refractivity contribution in [3.8, 4) is 0 Å². The van der Waals surface area contributed by atoms with Gasteiger partial charge in [0.05, 0.1) is 5.60 Å². The third-order valence-electron chi connectivity index (χ3n) is 2.08. The monoisotopic (exact) mass is 157 g/mol. The molecule has 0 amide bonds. The van der Waals surface area contributed by atoms with Gasteiger partial charge in [-0.15, -0.1) is 0 Å². The topological polar surface area (TPSA) is 20.2 Å². The predicted octanol–water partition coefficient (Wildman–Crippen LogP) is 2.79. The fourth-order valence-corrected chi connectivity index (χ4v) is 0.904. The van der Waals surface area contributed by atoms with Gasteiger partial charge in [-0.1, -0.05) is 20.8 Å². The van der Waals surface area contributed by atoms with Gasteiger partial charge in [-0.3, -0.25) is 0 Å². The van der Waals surface area contributed by atoms with E-state index < -0.39 is 5.60 Å². The van der Waals surface area contributed by atoms with Gasteiger partial charge in [0.1, 0.15) is 0 Å². The molecular weight excluding hydrogens is 136 g/mol. The normalized spacial score (nSPS) is 16.9. The minimum atomic E-state index is -0.453. The Bertz CT molecular complexity index is 95.0. The van der Waals surface area contributed by atoms with Gasteiger partial charge in [0.15, 0.2) is 0 Å². The van der Waals surface area contributed by atoms with Crippen molar-refractivity contribution in [3.63, 3.8) is 0 Å². The van der Waals surface area contributed by atoms with E-state index >= 15 is 0 Å². The van der Waals surface area contributed by atoms with Crippen LogP contribution in [-0.4, -0.2) is 10.7 Å². The highest BCUT2D eigenvalue weighted by molar-refractivity contribution is 4.76. The van der Waals surface area contributed by atoms with Crippen molar-refractivity contribution in [1.82, 2.24) is 0 Å². The van der Waals surface area contributed by atoms with Crippen LogP contribution in [-0.2, 0) is 0 Å². The lowest BCUT2D eigenvalue weighted by Gasteiger charge is -2.21. The molecule has 0 aliphatic heterocycles. The van der Waals surface area contributed by atoms with E-state index in [1.54, 1.807) is 0 Å². The van der Waals surface area contributed by atoms with Crippen molar-refractivity contribution in [2.45, 2.75) is 52.6 Å². The smallest absolute Gasteiger partial charge is 0.0617 e. The molecule has 1 N–H and O–H groups in total. The summed E-state index contributed by atoms with van der Waals surface area (Å²) < 4.78 is 0. The number of hydrogen-bond acceptors (Lipinski definition) is 1. The van der Waals surface area contributed by atoms with E-state index in [1.165, 1.54) is 0 Å². The summed E-state index contributed by atoms with van der Waals surface area (Å²) in [7, 11) is 0. The van der Waals surface area contributed by atoms with Gasteiger partial charge < -0.3 is 5.11 Å². The molecule has 0 aliphatic rings. The van der Waals surface area contributed by atoms with E-state index in [0.717, 1.165) is 19.3 Å². The van der Waals surface area contributed by atoms with Gasteiger partial charge in [0.2, 0.25) is 0 Å². The zero-order chi connectivity index (χ0) is 8.91. The Balaban J connectivity index is 3.38. The van der Waals surface area contributed by atoms with Crippen LogP contribution in [0.5, 0.6) is 0 Å². The molecule has 0 unspecified atom stereocenters. The molecule has 11 heavy (non-hydrogen) atoms. The Kier molecular flexibility index (Phi) is 4.74. The zero-order valence-corrected chi connectivity index (χ0v) is 8.22. The maximum Gasteiger partial charge on any atom is 0.0617 e. The summed E-state index contributed by atoms with van der Waals surface area (Å²) in [6.07, 6.45) is 5.02. The highest BCUT2D eigenvalue weighted by Crippen LogP contribution is 2.18. The first-order valence-corrected chi connectivity index (χ1v) is 4.53. The lowest BCUT2D eigenvalue weighted by Crippen LogP contribution is -2.22. The van der Waals surface area contributed by atoms with Crippen molar-refractivity contribution in [3.05, 3.63) is 6.42 Å². The number of hydrogen-bond donors (Lipinski definition) is 1. The summed E-state index contributed by atoms with van der Waals surface area (Å²) in [5.41, 5.74) is -0.453. The van der Waals surface area contributed by atoms with E-state index in [-0.39, 0.29) is 0 Å². The molecule has 0 saturated heterocycles. The Morgan fingerprint density at radius 1 is 1.45 bits per heavy atom. The van der Waals surface area contributed by atoms with Gasteiger partial charge in [-0.2, -0.15) is 0 Å². The molecule has 0 aromatic carbocycles. The maximum atomic E-state index is 9.62. The van der Waals surface area contributed by atoms with E-state index in [9.17, 15) is 5.11 Å².